The number of amides is 3. The second-order valence-electron chi connectivity index (χ2n) is 9.08. The Kier molecular flexibility index (Phi) is 9.34. The second-order valence-corrected chi connectivity index (χ2v) is 9.08. The van der Waals surface area contributed by atoms with Gasteiger partial charge in [0.2, 0.25) is 11.8 Å². The van der Waals surface area contributed by atoms with E-state index >= 15 is 0 Å². The number of nitrogens with zero attached hydrogens (tertiary/aromatic N) is 1. The van der Waals surface area contributed by atoms with Crippen LogP contribution in [0.2, 0.25) is 0 Å². The first kappa shape index (κ1) is 26.3. The van der Waals surface area contributed by atoms with Crippen LogP contribution >= 0.6 is 0 Å². The molecule has 1 aromatic carbocycles. The molecule has 3 atom stereocenters. The molecule has 3 amide bonds. The minimum atomic E-state index is -1.07. The van der Waals surface area contributed by atoms with Crippen LogP contribution in [0.25, 0.3) is 0 Å². The minimum Gasteiger partial charge on any atom is -0.508 e. The van der Waals surface area contributed by atoms with Crippen molar-refractivity contribution in [3.05, 3.63) is 29.8 Å². The molecule has 0 aliphatic carbocycles. The first-order valence-electron chi connectivity index (χ1n) is 10.6. The lowest BCUT2D eigenvalue weighted by atomic mass is 9.96. The largest absolute Gasteiger partial charge is 0.508 e. The molecule has 3 unspecified atom stereocenters. The molecule has 1 aromatic rings. The molecule has 0 heterocycles. The number of benzene rings is 1. The quantitative estimate of drug-likeness (QED) is 0.580. The van der Waals surface area contributed by atoms with Gasteiger partial charge in [-0.25, -0.2) is 4.79 Å². The second kappa shape index (κ2) is 11.0. The maximum atomic E-state index is 13.5. The predicted molar refractivity (Wildman–Crippen MR) is 120 cm³/mol. The highest BCUT2D eigenvalue weighted by molar-refractivity contribution is 5.92. The molecule has 0 aliphatic rings. The third-order valence-electron chi connectivity index (χ3n) is 4.80. The average Bonchev–Trinajstić information content (AvgIpc) is 2.64. The van der Waals surface area contributed by atoms with Crippen molar-refractivity contribution in [3.8, 4) is 5.75 Å². The topological polar surface area (TPSA) is 108 Å². The minimum absolute atomic E-state index is 0.0914. The number of likely N-dealkylation sites (N-methyl/N-ethyl adjacent to an activating group) is 1. The van der Waals surface area contributed by atoms with E-state index in [0.29, 0.717) is 12.0 Å². The van der Waals surface area contributed by atoms with Gasteiger partial charge in [-0.3, -0.25) is 9.59 Å². The van der Waals surface area contributed by atoms with E-state index in [-0.39, 0.29) is 17.7 Å². The molecule has 3 N–H and O–H groups in total. The zero-order valence-corrected chi connectivity index (χ0v) is 19.9. The van der Waals surface area contributed by atoms with Crippen LogP contribution in [0, 0.1) is 5.92 Å². The molecule has 174 valence electrons. The summed E-state index contributed by atoms with van der Waals surface area (Å²) in [4.78, 5) is 40.1. The number of nitrogens with one attached hydrogen (secondary N) is 2. The van der Waals surface area contributed by atoms with Gasteiger partial charge in [-0.05, 0) is 46.6 Å². The van der Waals surface area contributed by atoms with E-state index in [1.54, 1.807) is 39.0 Å². The number of phenolic OH excluding ortho intramolecular Hbond substituents is 1. The summed E-state index contributed by atoms with van der Waals surface area (Å²) in [5.74, 6) is -1.17. The van der Waals surface area contributed by atoms with Crippen LogP contribution in [0.4, 0.5) is 4.79 Å². The van der Waals surface area contributed by atoms with Gasteiger partial charge in [-0.15, -0.1) is 0 Å². The highest BCUT2D eigenvalue weighted by Crippen LogP contribution is 2.29. The van der Waals surface area contributed by atoms with Crippen molar-refractivity contribution in [1.82, 2.24) is 15.5 Å². The standard InChI is InChI=1S/C23H37N3O5/c1-9-15(4)18(25-22(30)31-23(5,6)7)21(29)26(8)19(20(28)24-14(2)3)16-12-10-11-13-17(16)27/h10-15,18-19,27H,9H2,1-8H3,(H,24,28)(H,25,30). The van der Waals surface area contributed by atoms with Crippen LogP contribution in [0.5, 0.6) is 5.75 Å². The summed E-state index contributed by atoms with van der Waals surface area (Å²) in [6.45, 7) is 12.6. The first-order valence-corrected chi connectivity index (χ1v) is 10.6. The van der Waals surface area contributed by atoms with Gasteiger partial charge < -0.3 is 25.4 Å². The maximum absolute atomic E-state index is 13.5. The van der Waals surface area contributed by atoms with Crippen LogP contribution in [0.1, 0.15) is 66.5 Å². The van der Waals surface area contributed by atoms with Crippen LogP contribution in [-0.4, -0.2) is 52.6 Å². The van der Waals surface area contributed by atoms with Gasteiger partial charge in [0.25, 0.3) is 0 Å². The summed E-state index contributed by atoms with van der Waals surface area (Å²) in [6, 6.07) is 4.28. The van der Waals surface area contributed by atoms with Crippen LogP contribution in [0.15, 0.2) is 24.3 Å². The molecule has 0 bridgehead atoms. The Morgan fingerprint density at radius 3 is 2.16 bits per heavy atom. The number of aromatic hydroxyl groups is 1. The van der Waals surface area contributed by atoms with Crippen molar-refractivity contribution in [3.63, 3.8) is 0 Å². The summed E-state index contributed by atoms with van der Waals surface area (Å²) >= 11 is 0. The number of hydrogen-bond acceptors (Lipinski definition) is 5. The van der Waals surface area contributed by atoms with Gasteiger partial charge >= 0.3 is 6.09 Å². The molecule has 0 fully saturated rings. The average molecular weight is 436 g/mol. The molecule has 0 saturated carbocycles. The third-order valence-corrected chi connectivity index (χ3v) is 4.80. The normalized spacial score (nSPS) is 14.4. The highest BCUT2D eigenvalue weighted by atomic mass is 16.6. The molecule has 0 aromatic heterocycles. The molecular formula is C23H37N3O5. The Morgan fingerprint density at radius 1 is 1.10 bits per heavy atom. The SMILES string of the molecule is CCC(C)C(NC(=O)OC(C)(C)C)C(=O)N(C)C(C(=O)NC(C)C)c1ccccc1O. The fraction of sp³-hybridized carbons (Fsp3) is 0.609. The summed E-state index contributed by atoms with van der Waals surface area (Å²) in [5, 5.41) is 15.8. The molecule has 0 aliphatic heterocycles. The van der Waals surface area contributed by atoms with Gasteiger partial charge in [0.15, 0.2) is 0 Å². The molecular weight excluding hydrogens is 398 g/mol. The van der Waals surface area contributed by atoms with E-state index in [4.69, 9.17) is 4.74 Å². The van der Waals surface area contributed by atoms with E-state index in [1.807, 2.05) is 27.7 Å². The van der Waals surface area contributed by atoms with Crippen molar-refractivity contribution >= 4 is 17.9 Å². The molecule has 1 rings (SSSR count). The lowest BCUT2D eigenvalue weighted by molar-refractivity contribution is -0.142. The molecule has 0 saturated heterocycles. The van der Waals surface area contributed by atoms with Crippen molar-refractivity contribution in [2.45, 2.75) is 78.6 Å². The van der Waals surface area contributed by atoms with E-state index in [0.717, 1.165) is 0 Å². The number of phenols is 1. The lowest BCUT2D eigenvalue weighted by Gasteiger charge is -2.34. The van der Waals surface area contributed by atoms with Crippen molar-refractivity contribution < 1.29 is 24.2 Å². The van der Waals surface area contributed by atoms with Crippen LogP contribution < -0.4 is 10.6 Å². The van der Waals surface area contributed by atoms with Crippen molar-refractivity contribution in [2.75, 3.05) is 7.05 Å². The van der Waals surface area contributed by atoms with Gasteiger partial charge in [0, 0.05) is 18.7 Å². The van der Waals surface area contributed by atoms with Gasteiger partial charge in [-0.1, -0.05) is 38.5 Å². The van der Waals surface area contributed by atoms with E-state index in [2.05, 4.69) is 10.6 Å². The zero-order chi connectivity index (χ0) is 23.9. The summed E-state index contributed by atoms with van der Waals surface area (Å²) in [6.07, 6.45) is -0.0789. The monoisotopic (exact) mass is 435 g/mol. The summed E-state index contributed by atoms with van der Waals surface area (Å²) < 4.78 is 5.32. The number of para-hydroxylation sites is 1. The third kappa shape index (κ3) is 7.77. The van der Waals surface area contributed by atoms with Gasteiger partial charge in [-0.2, -0.15) is 0 Å². The molecule has 8 heteroatoms. The van der Waals surface area contributed by atoms with E-state index in [9.17, 15) is 19.5 Å². The number of carbonyl (C=O) groups is 3. The number of carbonyl (C=O) groups excluding carboxylic acids is 3. The number of hydrogen-bond donors (Lipinski definition) is 3. The first-order chi connectivity index (χ1) is 14.3. The maximum Gasteiger partial charge on any atom is 0.408 e. The Morgan fingerprint density at radius 2 is 1.68 bits per heavy atom. The fourth-order valence-electron chi connectivity index (χ4n) is 3.07. The Hall–Kier alpha value is -2.77. The summed E-state index contributed by atoms with van der Waals surface area (Å²) in [5.41, 5.74) is -0.411. The molecule has 31 heavy (non-hydrogen) atoms. The van der Waals surface area contributed by atoms with E-state index < -0.39 is 35.6 Å². The van der Waals surface area contributed by atoms with Crippen LogP contribution in [-0.2, 0) is 14.3 Å². The lowest BCUT2D eigenvalue weighted by Crippen LogP contribution is -2.54. The Balaban J connectivity index is 3.28. The fourth-order valence-corrected chi connectivity index (χ4v) is 3.07. The Labute approximate surface area is 185 Å². The predicted octanol–water partition coefficient (Wildman–Crippen LogP) is 3.36. The molecule has 8 nitrogen and oxygen atoms in total. The Bertz CT molecular complexity index is 773. The highest BCUT2D eigenvalue weighted by Gasteiger charge is 2.37. The number of alkyl carbamates (subject to hydrolysis) is 1. The van der Waals surface area contributed by atoms with Crippen LogP contribution in [0.3, 0.4) is 0 Å². The molecule has 0 spiro atoms. The van der Waals surface area contributed by atoms with Gasteiger partial charge in [0.05, 0.1) is 0 Å². The van der Waals surface area contributed by atoms with E-state index in [1.165, 1.54) is 18.0 Å². The smallest absolute Gasteiger partial charge is 0.408 e. The molecule has 0 radical (unpaired) electrons. The number of ether oxygens (including phenoxy) is 1. The number of rotatable bonds is 8. The van der Waals surface area contributed by atoms with Crippen molar-refractivity contribution in [1.29, 1.82) is 0 Å². The van der Waals surface area contributed by atoms with Gasteiger partial charge in [0.1, 0.15) is 23.4 Å². The van der Waals surface area contributed by atoms with Crippen molar-refractivity contribution in [2.24, 2.45) is 5.92 Å². The summed E-state index contributed by atoms with van der Waals surface area (Å²) in [7, 11) is 1.49. The zero-order valence-electron chi connectivity index (χ0n) is 19.9.